The van der Waals surface area contributed by atoms with Crippen molar-refractivity contribution in [3.8, 4) is 0 Å². The van der Waals surface area contributed by atoms with Gasteiger partial charge in [0.05, 0.1) is 5.75 Å². The number of hydrogen-bond acceptors (Lipinski definition) is 3. The molecule has 1 rings (SSSR count). The summed E-state index contributed by atoms with van der Waals surface area (Å²) in [7, 11) is -3.05. The van der Waals surface area contributed by atoms with Crippen molar-refractivity contribution in [2.45, 2.75) is 32.7 Å². The molecule has 4 nitrogen and oxygen atoms in total. The van der Waals surface area contributed by atoms with Crippen LogP contribution in [0.1, 0.15) is 27.2 Å². The lowest BCUT2D eigenvalue weighted by Gasteiger charge is -2.46. The molecule has 1 fully saturated rings. The maximum atomic E-state index is 11.7. The Balaban J connectivity index is 2.54. The van der Waals surface area contributed by atoms with Gasteiger partial charge < -0.3 is 5.73 Å². The maximum Gasteiger partial charge on any atom is 0.214 e. The third-order valence-electron chi connectivity index (χ3n) is 2.62. The Bertz CT molecular complexity index is 292. The van der Waals surface area contributed by atoms with Gasteiger partial charge in [0.25, 0.3) is 0 Å². The zero-order chi connectivity index (χ0) is 11.0. The number of nitrogens with two attached hydrogens (primary N) is 1. The van der Waals surface area contributed by atoms with Gasteiger partial charge in [-0.1, -0.05) is 20.8 Å². The minimum Gasteiger partial charge on any atom is -0.323 e. The smallest absolute Gasteiger partial charge is 0.214 e. The minimum atomic E-state index is -3.05. The summed E-state index contributed by atoms with van der Waals surface area (Å²) < 4.78 is 24.9. The van der Waals surface area contributed by atoms with E-state index in [2.05, 4.69) is 0 Å². The lowest BCUT2D eigenvalue weighted by atomic mass is 9.91. The Morgan fingerprint density at radius 3 is 2.29 bits per heavy atom. The largest absolute Gasteiger partial charge is 0.323 e. The molecule has 0 radical (unpaired) electrons. The fourth-order valence-electron chi connectivity index (χ4n) is 1.60. The zero-order valence-electron chi connectivity index (χ0n) is 9.16. The van der Waals surface area contributed by atoms with Crippen molar-refractivity contribution in [2.24, 2.45) is 11.7 Å². The van der Waals surface area contributed by atoms with Gasteiger partial charge in [0, 0.05) is 18.6 Å². The highest BCUT2D eigenvalue weighted by atomic mass is 32.2. The van der Waals surface area contributed by atoms with Gasteiger partial charge in [-0.05, 0) is 12.3 Å². The summed E-state index contributed by atoms with van der Waals surface area (Å²) in [6, 6.07) is 0. The van der Waals surface area contributed by atoms with E-state index in [-0.39, 0.29) is 17.2 Å². The molecule has 1 saturated heterocycles. The molecule has 0 atom stereocenters. The van der Waals surface area contributed by atoms with E-state index in [1.807, 2.05) is 20.8 Å². The average Bonchev–Trinajstić information content (AvgIpc) is 1.96. The molecule has 1 heterocycles. The predicted molar refractivity (Wildman–Crippen MR) is 57.4 cm³/mol. The van der Waals surface area contributed by atoms with Gasteiger partial charge in [-0.15, -0.1) is 0 Å². The standard InChI is InChI=1S/C9H20N2O2S/c1-4-9(10)6-11(7-9)14(12,13)5-8(2)3/h8H,4-7,10H2,1-3H3. The molecule has 0 aliphatic carbocycles. The van der Waals surface area contributed by atoms with Crippen molar-refractivity contribution < 1.29 is 8.42 Å². The highest BCUT2D eigenvalue weighted by molar-refractivity contribution is 7.89. The number of rotatable bonds is 4. The van der Waals surface area contributed by atoms with Crippen LogP contribution in [0.5, 0.6) is 0 Å². The summed E-state index contributed by atoms with van der Waals surface area (Å²) in [5.41, 5.74) is 5.64. The Labute approximate surface area is 86.5 Å². The van der Waals surface area contributed by atoms with E-state index in [9.17, 15) is 8.42 Å². The Kier molecular flexibility index (Phi) is 3.23. The van der Waals surface area contributed by atoms with Gasteiger partial charge >= 0.3 is 0 Å². The van der Waals surface area contributed by atoms with Gasteiger partial charge in [0.1, 0.15) is 0 Å². The van der Waals surface area contributed by atoms with Crippen LogP contribution in [0.25, 0.3) is 0 Å². The first kappa shape index (κ1) is 11.9. The first-order valence-electron chi connectivity index (χ1n) is 5.06. The average molecular weight is 220 g/mol. The summed E-state index contributed by atoms with van der Waals surface area (Å²) in [5, 5.41) is 0. The highest BCUT2D eigenvalue weighted by Crippen LogP contribution is 2.25. The quantitative estimate of drug-likeness (QED) is 0.745. The molecule has 0 aromatic heterocycles. The van der Waals surface area contributed by atoms with Crippen molar-refractivity contribution >= 4 is 10.0 Å². The lowest BCUT2D eigenvalue weighted by molar-refractivity contribution is 0.153. The zero-order valence-corrected chi connectivity index (χ0v) is 9.97. The third kappa shape index (κ3) is 2.46. The van der Waals surface area contributed by atoms with Crippen LogP contribution in [-0.2, 0) is 10.0 Å². The van der Waals surface area contributed by atoms with Crippen LogP contribution in [0, 0.1) is 5.92 Å². The molecular formula is C9H20N2O2S. The fourth-order valence-corrected chi connectivity index (χ4v) is 3.56. The van der Waals surface area contributed by atoms with Crippen molar-refractivity contribution in [3.63, 3.8) is 0 Å². The van der Waals surface area contributed by atoms with Gasteiger partial charge in [-0.2, -0.15) is 4.31 Å². The van der Waals surface area contributed by atoms with Gasteiger partial charge in [-0.25, -0.2) is 8.42 Å². The molecule has 0 aromatic rings. The van der Waals surface area contributed by atoms with E-state index in [1.54, 1.807) is 0 Å². The second-order valence-corrected chi connectivity index (χ2v) is 6.67. The van der Waals surface area contributed by atoms with Crippen molar-refractivity contribution in [3.05, 3.63) is 0 Å². The molecule has 0 spiro atoms. The van der Waals surface area contributed by atoms with Crippen molar-refractivity contribution in [1.29, 1.82) is 0 Å². The monoisotopic (exact) mass is 220 g/mol. The molecule has 0 bridgehead atoms. The Hall–Kier alpha value is -0.130. The molecule has 1 aliphatic rings. The van der Waals surface area contributed by atoms with Crippen LogP contribution in [0.2, 0.25) is 0 Å². The van der Waals surface area contributed by atoms with Crippen LogP contribution in [0.15, 0.2) is 0 Å². The van der Waals surface area contributed by atoms with Crippen LogP contribution in [0.3, 0.4) is 0 Å². The van der Waals surface area contributed by atoms with Gasteiger partial charge in [0.15, 0.2) is 0 Å². The number of sulfonamides is 1. The summed E-state index contributed by atoms with van der Waals surface area (Å²) in [5.74, 6) is 0.404. The van der Waals surface area contributed by atoms with E-state index in [1.165, 1.54) is 4.31 Å². The van der Waals surface area contributed by atoms with Gasteiger partial charge in [0.2, 0.25) is 10.0 Å². The second-order valence-electron chi connectivity index (χ2n) is 4.66. The molecule has 0 amide bonds. The van der Waals surface area contributed by atoms with Crippen LogP contribution in [-0.4, -0.2) is 37.1 Å². The molecule has 0 unspecified atom stereocenters. The first-order valence-corrected chi connectivity index (χ1v) is 6.67. The maximum absolute atomic E-state index is 11.7. The van der Waals surface area contributed by atoms with E-state index in [0.29, 0.717) is 13.1 Å². The number of nitrogens with zero attached hydrogens (tertiary/aromatic N) is 1. The Morgan fingerprint density at radius 2 is 1.93 bits per heavy atom. The highest BCUT2D eigenvalue weighted by Gasteiger charge is 2.43. The normalized spacial score (nSPS) is 22.4. The van der Waals surface area contributed by atoms with Crippen LogP contribution < -0.4 is 5.73 Å². The van der Waals surface area contributed by atoms with E-state index < -0.39 is 10.0 Å². The minimum absolute atomic E-state index is 0.175. The molecule has 14 heavy (non-hydrogen) atoms. The molecule has 0 saturated carbocycles. The number of hydrogen-bond donors (Lipinski definition) is 1. The first-order chi connectivity index (χ1) is 6.29. The predicted octanol–water partition coefficient (Wildman–Crippen LogP) is 0.395. The van der Waals surface area contributed by atoms with E-state index in [4.69, 9.17) is 5.73 Å². The van der Waals surface area contributed by atoms with Crippen molar-refractivity contribution in [2.75, 3.05) is 18.8 Å². The molecular weight excluding hydrogens is 200 g/mol. The summed E-state index contributed by atoms with van der Waals surface area (Å²) >= 11 is 0. The SMILES string of the molecule is CCC1(N)CN(S(=O)(=O)CC(C)C)C1. The summed E-state index contributed by atoms with van der Waals surface area (Å²) in [6.45, 7) is 6.78. The van der Waals surface area contributed by atoms with Crippen LogP contribution >= 0.6 is 0 Å². The molecule has 84 valence electrons. The lowest BCUT2D eigenvalue weighted by Crippen LogP contribution is -2.68. The summed E-state index contributed by atoms with van der Waals surface area (Å²) in [6.07, 6.45) is 0.834. The summed E-state index contributed by atoms with van der Waals surface area (Å²) in [4.78, 5) is 0. The Morgan fingerprint density at radius 1 is 1.43 bits per heavy atom. The topological polar surface area (TPSA) is 63.4 Å². The van der Waals surface area contributed by atoms with Crippen molar-refractivity contribution in [1.82, 2.24) is 4.31 Å². The third-order valence-corrected chi connectivity index (χ3v) is 4.76. The van der Waals surface area contributed by atoms with E-state index in [0.717, 1.165) is 6.42 Å². The molecule has 5 heteroatoms. The second kappa shape index (κ2) is 3.79. The molecule has 0 aromatic carbocycles. The van der Waals surface area contributed by atoms with Gasteiger partial charge in [-0.3, -0.25) is 0 Å². The fraction of sp³-hybridized carbons (Fsp3) is 1.00. The van der Waals surface area contributed by atoms with Crippen LogP contribution in [0.4, 0.5) is 0 Å². The molecule has 1 aliphatic heterocycles. The van der Waals surface area contributed by atoms with E-state index >= 15 is 0 Å². The molecule has 2 N–H and O–H groups in total.